The van der Waals surface area contributed by atoms with E-state index in [0.717, 1.165) is 17.5 Å². The minimum absolute atomic E-state index is 0.00252. The minimum Gasteiger partial charge on any atom is -0.379 e. The molecule has 1 atom stereocenters. The zero-order valence-corrected chi connectivity index (χ0v) is 18.2. The molecule has 0 radical (unpaired) electrons. The van der Waals surface area contributed by atoms with Crippen molar-refractivity contribution in [1.82, 2.24) is 19.9 Å². The summed E-state index contributed by atoms with van der Waals surface area (Å²) in [6, 6.07) is 17.6. The maximum absolute atomic E-state index is 13.4. The number of benzene rings is 2. The summed E-state index contributed by atoms with van der Waals surface area (Å²) < 4.78 is 5.87. The molecule has 1 aliphatic heterocycles. The average molecular weight is 440 g/mol. The lowest BCUT2D eigenvalue weighted by atomic mass is 9.95. The van der Waals surface area contributed by atoms with Gasteiger partial charge < -0.3 is 15.0 Å². The predicted molar refractivity (Wildman–Crippen MR) is 127 cm³/mol. The average Bonchev–Trinajstić information content (AvgIpc) is 3.10. The molecule has 7 heteroatoms. The highest BCUT2D eigenvalue weighted by molar-refractivity contribution is 5.95. The van der Waals surface area contributed by atoms with Gasteiger partial charge in [-0.15, -0.1) is 0 Å². The van der Waals surface area contributed by atoms with E-state index >= 15 is 0 Å². The number of pyridine rings is 1. The molecule has 1 aliphatic rings. The number of carbonyl (C=O) groups excluding carboxylic acids is 1. The first-order valence-electron chi connectivity index (χ1n) is 11.1. The van der Waals surface area contributed by atoms with Crippen molar-refractivity contribution in [3.8, 4) is 0 Å². The van der Waals surface area contributed by atoms with Gasteiger partial charge in [-0.05, 0) is 47.7 Å². The number of ether oxygens (including phenoxy) is 1. The van der Waals surface area contributed by atoms with Crippen LogP contribution in [-0.4, -0.2) is 52.1 Å². The Morgan fingerprint density at radius 1 is 1.06 bits per heavy atom. The van der Waals surface area contributed by atoms with Gasteiger partial charge in [0.05, 0.1) is 13.2 Å². The number of nitrogens with one attached hydrogen (secondary N) is 1. The lowest BCUT2D eigenvalue weighted by Crippen LogP contribution is -2.36. The second kappa shape index (κ2) is 9.75. The van der Waals surface area contributed by atoms with Crippen LogP contribution in [0.5, 0.6) is 0 Å². The summed E-state index contributed by atoms with van der Waals surface area (Å²) in [7, 11) is 0. The Morgan fingerprint density at radius 2 is 1.94 bits per heavy atom. The van der Waals surface area contributed by atoms with Crippen molar-refractivity contribution in [3.63, 3.8) is 0 Å². The number of hydrogen-bond donors (Lipinski definition) is 1. The molecule has 0 unspecified atom stereocenters. The van der Waals surface area contributed by atoms with Crippen LogP contribution in [0.1, 0.15) is 15.9 Å². The van der Waals surface area contributed by atoms with E-state index in [4.69, 9.17) is 4.74 Å². The molecular formula is C26H25N5O2. The summed E-state index contributed by atoms with van der Waals surface area (Å²) in [6.45, 7) is 2.39. The van der Waals surface area contributed by atoms with E-state index in [-0.39, 0.29) is 11.8 Å². The summed E-state index contributed by atoms with van der Waals surface area (Å²) in [5, 5.41) is 5.48. The summed E-state index contributed by atoms with van der Waals surface area (Å²) in [5.41, 5.74) is 2.64. The third-order valence-corrected chi connectivity index (χ3v) is 5.84. The zero-order valence-electron chi connectivity index (χ0n) is 18.2. The second-order valence-corrected chi connectivity index (χ2v) is 8.19. The first-order valence-corrected chi connectivity index (χ1v) is 11.1. The number of fused-ring (bicyclic) bond motifs is 1. The Hall–Kier alpha value is -3.84. The lowest BCUT2D eigenvalue weighted by Gasteiger charge is -2.24. The molecule has 1 saturated heterocycles. The van der Waals surface area contributed by atoms with Crippen LogP contribution in [0, 0.1) is 5.92 Å². The third-order valence-electron chi connectivity index (χ3n) is 5.84. The monoisotopic (exact) mass is 439 g/mol. The van der Waals surface area contributed by atoms with Gasteiger partial charge in [0.2, 0.25) is 5.95 Å². The molecule has 33 heavy (non-hydrogen) atoms. The van der Waals surface area contributed by atoms with E-state index in [1.165, 1.54) is 10.9 Å². The molecular weight excluding hydrogens is 414 g/mol. The first-order chi connectivity index (χ1) is 16.3. The number of nitrogens with zero attached hydrogens (tertiary/aromatic N) is 4. The molecule has 4 aromatic rings. The van der Waals surface area contributed by atoms with Crippen molar-refractivity contribution in [2.24, 2.45) is 5.92 Å². The molecule has 2 aromatic carbocycles. The molecule has 5 rings (SSSR count). The van der Waals surface area contributed by atoms with Crippen molar-refractivity contribution in [2.45, 2.75) is 6.42 Å². The van der Waals surface area contributed by atoms with Gasteiger partial charge in [-0.3, -0.25) is 9.78 Å². The summed E-state index contributed by atoms with van der Waals surface area (Å²) in [4.78, 5) is 27.9. The standard InChI is InChI=1S/C26H25N5O2/c32-25(22-6-2-7-23(15-22)30-26-28-9-3-10-29-26)31-12-13-33-18-19(17-31)14-21-5-1-4-20-8-11-27-16-24(20)21/h1-11,15-16,19H,12-14,17-18H2,(H,28,29,30)/t19-/m0/s1. The number of amides is 1. The molecule has 1 fully saturated rings. The fourth-order valence-corrected chi connectivity index (χ4v) is 4.26. The molecule has 7 nitrogen and oxygen atoms in total. The fraction of sp³-hybridized carbons (Fsp3) is 0.231. The largest absolute Gasteiger partial charge is 0.379 e. The van der Waals surface area contributed by atoms with Crippen LogP contribution < -0.4 is 5.32 Å². The normalized spacial score (nSPS) is 16.4. The van der Waals surface area contributed by atoms with Crippen molar-refractivity contribution in [1.29, 1.82) is 0 Å². The Morgan fingerprint density at radius 3 is 2.85 bits per heavy atom. The van der Waals surface area contributed by atoms with Crippen LogP contribution in [0.4, 0.5) is 11.6 Å². The SMILES string of the molecule is O=C(c1cccc(Nc2ncccn2)c1)N1CCOC[C@@H](Cc2cccc3ccncc23)C1. The Bertz CT molecular complexity index is 1240. The van der Waals surface area contributed by atoms with Crippen molar-refractivity contribution in [3.05, 3.63) is 90.5 Å². The Labute approximate surface area is 192 Å². The van der Waals surface area contributed by atoms with Gasteiger partial charge in [-0.1, -0.05) is 24.3 Å². The van der Waals surface area contributed by atoms with Crippen molar-refractivity contribution >= 4 is 28.3 Å². The maximum Gasteiger partial charge on any atom is 0.254 e. The number of anilines is 2. The van der Waals surface area contributed by atoms with Crippen LogP contribution in [-0.2, 0) is 11.2 Å². The van der Waals surface area contributed by atoms with Gasteiger partial charge in [-0.25, -0.2) is 9.97 Å². The summed E-state index contributed by atoms with van der Waals surface area (Å²) in [6.07, 6.45) is 7.91. The van der Waals surface area contributed by atoms with Gasteiger partial charge in [-0.2, -0.15) is 0 Å². The van der Waals surface area contributed by atoms with E-state index in [1.54, 1.807) is 18.5 Å². The minimum atomic E-state index is 0.00252. The summed E-state index contributed by atoms with van der Waals surface area (Å²) >= 11 is 0. The molecule has 0 saturated carbocycles. The highest BCUT2D eigenvalue weighted by Crippen LogP contribution is 2.23. The highest BCUT2D eigenvalue weighted by atomic mass is 16.5. The van der Waals surface area contributed by atoms with E-state index in [9.17, 15) is 4.79 Å². The van der Waals surface area contributed by atoms with Crippen LogP contribution in [0.15, 0.2) is 79.4 Å². The lowest BCUT2D eigenvalue weighted by molar-refractivity contribution is 0.0737. The number of carbonyl (C=O) groups is 1. The molecule has 0 spiro atoms. The van der Waals surface area contributed by atoms with Gasteiger partial charge in [0, 0.05) is 60.4 Å². The molecule has 1 N–H and O–H groups in total. The molecule has 1 amide bonds. The van der Waals surface area contributed by atoms with Crippen molar-refractivity contribution in [2.75, 3.05) is 31.6 Å². The number of hydrogen-bond acceptors (Lipinski definition) is 6. The maximum atomic E-state index is 13.4. The second-order valence-electron chi connectivity index (χ2n) is 8.19. The molecule has 0 aliphatic carbocycles. The van der Waals surface area contributed by atoms with Gasteiger partial charge >= 0.3 is 0 Å². The molecule has 2 aromatic heterocycles. The van der Waals surface area contributed by atoms with E-state index in [2.05, 4.69) is 38.5 Å². The van der Waals surface area contributed by atoms with Crippen LogP contribution in [0.25, 0.3) is 10.8 Å². The molecule has 0 bridgehead atoms. The number of aromatic nitrogens is 3. The highest BCUT2D eigenvalue weighted by Gasteiger charge is 2.24. The van der Waals surface area contributed by atoms with Crippen LogP contribution in [0.3, 0.4) is 0 Å². The Balaban J connectivity index is 1.32. The zero-order chi connectivity index (χ0) is 22.5. The topological polar surface area (TPSA) is 80.2 Å². The van der Waals surface area contributed by atoms with Gasteiger partial charge in [0.15, 0.2) is 0 Å². The van der Waals surface area contributed by atoms with Gasteiger partial charge in [0.25, 0.3) is 5.91 Å². The first kappa shape index (κ1) is 21.0. The van der Waals surface area contributed by atoms with E-state index in [0.29, 0.717) is 37.8 Å². The van der Waals surface area contributed by atoms with E-state index < -0.39 is 0 Å². The number of rotatable bonds is 5. The molecule has 166 valence electrons. The van der Waals surface area contributed by atoms with Crippen LogP contribution >= 0.6 is 0 Å². The fourth-order valence-electron chi connectivity index (χ4n) is 4.26. The Kier molecular flexibility index (Phi) is 6.21. The predicted octanol–water partition coefficient (Wildman–Crippen LogP) is 4.10. The third kappa shape index (κ3) is 4.99. The van der Waals surface area contributed by atoms with Crippen molar-refractivity contribution < 1.29 is 9.53 Å². The quantitative estimate of drug-likeness (QED) is 0.504. The smallest absolute Gasteiger partial charge is 0.254 e. The van der Waals surface area contributed by atoms with Gasteiger partial charge in [0.1, 0.15) is 0 Å². The van der Waals surface area contributed by atoms with Crippen LogP contribution in [0.2, 0.25) is 0 Å². The van der Waals surface area contributed by atoms with E-state index in [1.807, 2.05) is 47.6 Å². The molecule has 3 heterocycles. The summed E-state index contributed by atoms with van der Waals surface area (Å²) in [5.74, 6) is 0.707.